The van der Waals surface area contributed by atoms with Crippen molar-refractivity contribution in [1.29, 1.82) is 0 Å². The SMILES string of the molecule is CC(C)CCOCCCC(C)(NC(C)C)C(N)=O. The van der Waals surface area contributed by atoms with Gasteiger partial charge in [-0.2, -0.15) is 0 Å². The van der Waals surface area contributed by atoms with Crippen molar-refractivity contribution in [2.45, 2.75) is 65.5 Å². The van der Waals surface area contributed by atoms with Gasteiger partial charge in [0.05, 0.1) is 5.54 Å². The van der Waals surface area contributed by atoms with Gasteiger partial charge < -0.3 is 15.8 Å². The highest BCUT2D eigenvalue weighted by Crippen LogP contribution is 2.13. The summed E-state index contributed by atoms with van der Waals surface area (Å²) in [6.45, 7) is 11.7. The van der Waals surface area contributed by atoms with E-state index >= 15 is 0 Å². The monoisotopic (exact) mass is 258 g/mol. The Labute approximate surface area is 112 Å². The van der Waals surface area contributed by atoms with Gasteiger partial charge in [0, 0.05) is 19.3 Å². The van der Waals surface area contributed by atoms with Crippen LogP contribution >= 0.6 is 0 Å². The van der Waals surface area contributed by atoms with Gasteiger partial charge in [0.15, 0.2) is 0 Å². The van der Waals surface area contributed by atoms with E-state index in [2.05, 4.69) is 19.2 Å². The molecule has 0 aliphatic rings. The largest absolute Gasteiger partial charge is 0.381 e. The second kappa shape index (κ2) is 8.48. The molecule has 4 nitrogen and oxygen atoms in total. The van der Waals surface area contributed by atoms with Crippen molar-refractivity contribution >= 4 is 5.91 Å². The fourth-order valence-corrected chi connectivity index (χ4v) is 1.85. The summed E-state index contributed by atoms with van der Waals surface area (Å²) in [6, 6.07) is 0.240. The molecule has 18 heavy (non-hydrogen) atoms. The molecular formula is C14H30N2O2. The standard InChI is InChI=1S/C14H30N2O2/c1-11(2)7-10-18-9-6-8-14(5,13(15)17)16-12(3)4/h11-12,16H,6-10H2,1-5H3,(H2,15,17). The van der Waals surface area contributed by atoms with Crippen LogP contribution in [0.2, 0.25) is 0 Å². The zero-order valence-corrected chi connectivity index (χ0v) is 12.6. The summed E-state index contributed by atoms with van der Waals surface area (Å²) in [5.74, 6) is 0.377. The molecule has 0 radical (unpaired) electrons. The molecule has 0 fully saturated rings. The maximum absolute atomic E-state index is 11.5. The minimum absolute atomic E-state index is 0.240. The van der Waals surface area contributed by atoms with Crippen LogP contribution < -0.4 is 11.1 Å². The van der Waals surface area contributed by atoms with Crippen molar-refractivity contribution in [2.75, 3.05) is 13.2 Å². The Bertz CT molecular complexity index is 242. The molecule has 0 saturated heterocycles. The molecule has 108 valence electrons. The van der Waals surface area contributed by atoms with Gasteiger partial charge in [-0.3, -0.25) is 4.79 Å². The van der Waals surface area contributed by atoms with E-state index in [9.17, 15) is 4.79 Å². The first kappa shape index (κ1) is 17.4. The average Bonchev–Trinajstić information content (AvgIpc) is 2.21. The third-order valence-corrected chi connectivity index (χ3v) is 2.96. The number of carbonyl (C=O) groups excluding carboxylic acids is 1. The Hall–Kier alpha value is -0.610. The van der Waals surface area contributed by atoms with Crippen molar-refractivity contribution in [2.24, 2.45) is 11.7 Å². The summed E-state index contributed by atoms with van der Waals surface area (Å²) in [5.41, 5.74) is 4.83. The minimum atomic E-state index is -0.629. The van der Waals surface area contributed by atoms with Gasteiger partial charge in [-0.15, -0.1) is 0 Å². The first-order chi connectivity index (χ1) is 8.28. The summed E-state index contributed by atoms with van der Waals surface area (Å²) in [5, 5.41) is 3.23. The van der Waals surface area contributed by atoms with Crippen LogP contribution in [0.3, 0.4) is 0 Å². The van der Waals surface area contributed by atoms with Crippen LogP contribution in [-0.4, -0.2) is 30.7 Å². The van der Waals surface area contributed by atoms with Gasteiger partial charge in [-0.1, -0.05) is 13.8 Å². The van der Waals surface area contributed by atoms with Crippen LogP contribution in [0.1, 0.15) is 53.9 Å². The predicted molar refractivity (Wildman–Crippen MR) is 75.4 cm³/mol. The number of carbonyl (C=O) groups is 1. The van der Waals surface area contributed by atoms with Gasteiger partial charge in [-0.25, -0.2) is 0 Å². The van der Waals surface area contributed by atoms with E-state index in [-0.39, 0.29) is 11.9 Å². The summed E-state index contributed by atoms with van der Waals surface area (Å²) >= 11 is 0. The fraction of sp³-hybridized carbons (Fsp3) is 0.929. The van der Waals surface area contributed by atoms with E-state index in [1.165, 1.54) is 0 Å². The van der Waals surface area contributed by atoms with Crippen LogP contribution in [0, 0.1) is 5.92 Å². The lowest BCUT2D eigenvalue weighted by atomic mass is 9.94. The number of nitrogens with one attached hydrogen (secondary N) is 1. The van der Waals surface area contributed by atoms with E-state index < -0.39 is 5.54 Å². The van der Waals surface area contributed by atoms with E-state index in [1.807, 2.05) is 20.8 Å². The maximum Gasteiger partial charge on any atom is 0.237 e. The van der Waals surface area contributed by atoms with Crippen LogP contribution in [0.4, 0.5) is 0 Å². The molecule has 1 atom stereocenters. The summed E-state index contributed by atoms with van der Waals surface area (Å²) in [7, 11) is 0. The molecule has 0 spiro atoms. The van der Waals surface area contributed by atoms with Crippen LogP contribution in [0.25, 0.3) is 0 Å². The molecule has 0 aromatic carbocycles. The van der Waals surface area contributed by atoms with Crippen molar-refractivity contribution in [1.82, 2.24) is 5.32 Å². The lowest BCUT2D eigenvalue weighted by molar-refractivity contribution is -0.124. The number of hydrogen-bond acceptors (Lipinski definition) is 3. The van der Waals surface area contributed by atoms with Crippen LogP contribution in [0.5, 0.6) is 0 Å². The molecule has 0 aromatic rings. The number of rotatable bonds is 10. The highest BCUT2D eigenvalue weighted by molar-refractivity contribution is 5.84. The molecule has 4 heteroatoms. The molecule has 0 rings (SSSR count). The summed E-state index contributed by atoms with van der Waals surface area (Å²) in [6.07, 6.45) is 2.64. The second-order valence-electron chi connectivity index (χ2n) is 5.89. The zero-order chi connectivity index (χ0) is 14.2. The van der Waals surface area contributed by atoms with Gasteiger partial charge >= 0.3 is 0 Å². The lowest BCUT2D eigenvalue weighted by Crippen LogP contribution is -2.55. The first-order valence-electron chi connectivity index (χ1n) is 6.93. The fourth-order valence-electron chi connectivity index (χ4n) is 1.85. The smallest absolute Gasteiger partial charge is 0.237 e. The van der Waals surface area contributed by atoms with E-state index in [0.29, 0.717) is 18.9 Å². The van der Waals surface area contributed by atoms with E-state index in [0.717, 1.165) is 19.4 Å². The normalized spacial score (nSPS) is 15.1. The topological polar surface area (TPSA) is 64.3 Å². The molecule has 1 amide bonds. The quantitative estimate of drug-likeness (QED) is 0.590. The molecule has 0 heterocycles. The second-order valence-corrected chi connectivity index (χ2v) is 5.89. The van der Waals surface area contributed by atoms with Gasteiger partial charge in [0.25, 0.3) is 0 Å². The Kier molecular flexibility index (Phi) is 8.20. The number of hydrogen-bond donors (Lipinski definition) is 2. The Balaban J connectivity index is 3.88. The number of nitrogens with two attached hydrogens (primary N) is 1. The molecule has 0 aliphatic carbocycles. The lowest BCUT2D eigenvalue weighted by Gasteiger charge is -2.29. The molecule has 1 unspecified atom stereocenters. The molecule has 0 aliphatic heterocycles. The Morgan fingerprint density at radius 2 is 1.89 bits per heavy atom. The Morgan fingerprint density at radius 1 is 1.28 bits per heavy atom. The van der Waals surface area contributed by atoms with E-state index in [1.54, 1.807) is 0 Å². The first-order valence-corrected chi connectivity index (χ1v) is 6.93. The maximum atomic E-state index is 11.5. The number of ether oxygens (including phenoxy) is 1. The van der Waals surface area contributed by atoms with Crippen LogP contribution in [-0.2, 0) is 9.53 Å². The Morgan fingerprint density at radius 3 is 2.33 bits per heavy atom. The number of amides is 1. The molecule has 0 saturated carbocycles. The van der Waals surface area contributed by atoms with Crippen LogP contribution in [0.15, 0.2) is 0 Å². The third-order valence-electron chi connectivity index (χ3n) is 2.96. The van der Waals surface area contributed by atoms with Gasteiger partial charge in [0.1, 0.15) is 0 Å². The molecule has 0 aromatic heterocycles. The summed E-state index contributed by atoms with van der Waals surface area (Å²) < 4.78 is 5.54. The van der Waals surface area contributed by atoms with Crippen molar-refractivity contribution in [3.63, 3.8) is 0 Å². The average molecular weight is 258 g/mol. The van der Waals surface area contributed by atoms with Crippen molar-refractivity contribution in [3.05, 3.63) is 0 Å². The van der Waals surface area contributed by atoms with Crippen molar-refractivity contribution in [3.8, 4) is 0 Å². The molecule has 0 bridgehead atoms. The van der Waals surface area contributed by atoms with E-state index in [4.69, 9.17) is 10.5 Å². The minimum Gasteiger partial charge on any atom is -0.381 e. The highest BCUT2D eigenvalue weighted by Gasteiger charge is 2.30. The van der Waals surface area contributed by atoms with Gasteiger partial charge in [-0.05, 0) is 46.0 Å². The van der Waals surface area contributed by atoms with Gasteiger partial charge in [0.2, 0.25) is 5.91 Å². The number of primary amides is 1. The van der Waals surface area contributed by atoms with Crippen molar-refractivity contribution < 1.29 is 9.53 Å². The highest BCUT2D eigenvalue weighted by atomic mass is 16.5. The molecular weight excluding hydrogens is 228 g/mol. The molecule has 3 N–H and O–H groups in total. The predicted octanol–water partition coefficient (Wildman–Crippen LogP) is 2.07. The zero-order valence-electron chi connectivity index (χ0n) is 12.6. The summed E-state index contributed by atoms with van der Waals surface area (Å²) in [4.78, 5) is 11.5. The third kappa shape index (κ3) is 7.67.